The Bertz CT molecular complexity index is 1410. The van der Waals surface area contributed by atoms with E-state index >= 15 is 0 Å². The van der Waals surface area contributed by atoms with E-state index in [-0.39, 0.29) is 11.6 Å². The number of rotatable bonds is 4. The van der Waals surface area contributed by atoms with Crippen LogP contribution in [-0.4, -0.2) is 36.6 Å². The van der Waals surface area contributed by atoms with Crippen molar-refractivity contribution in [3.05, 3.63) is 86.5 Å². The van der Waals surface area contributed by atoms with Crippen molar-refractivity contribution in [3.63, 3.8) is 0 Å². The minimum Gasteiger partial charge on any atom is -0.321 e. The normalized spacial score (nSPS) is 17.8. The molecule has 2 aromatic carbocycles. The maximum atomic E-state index is 13.6. The second-order valence-corrected chi connectivity index (χ2v) is 9.85. The maximum Gasteiger partial charge on any atom is 0.253 e. The van der Waals surface area contributed by atoms with Crippen LogP contribution in [0.1, 0.15) is 71.4 Å². The van der Waals surface area contributed by atoms with E-state index < -0.39 is 0 Å². The van der Waals surface area contributed by atoms with Crippen LogP contribution in [0.5, 0.6) is 0 Å². The highest BCUT2D eigenvalue weighted by Crippen LogP contribution is 2.36. The predicted octanol–water partition coefficient (Wildman–Crippen LogP) is 4.39. The number of benzene rings is 2. The summed E-state index contributed by atoms with van der Waals surface area (Å²) in [5.74, 6) is 0.779. The molecule has 1 fully saturated rings. The van der Waals surface area contributed by atoms with Crippen molar-refractivity contribution in [1.29, 1.82) is 0 Å². The number of aromatic nitrogens is 5. The van der Waals surface area contributed by atoms with E-state index in [1.165, 1.54) is 24.0 Å². The van der Waals surface area contributed by atoms with Crippen molar-refractivity contribution in [2.75, 3.05) is 6.54 Å². The number of tetrazole rings is 1. The summed E-state index contributed by atoms with van der Waals surface area (Å²) in [6.07, 6.45) is 5.50. The molecule has 1 aliphatic heterocycles. The number of fused-ring (bicyclic) bond motifs is 2. The summed E-state index contributed by atoms with van der Waals surface area (Å²) in [5, 5.41) is 14.1. The fraction of sp³-hybridized carbons (Fsp3) is 0.407. The van der Waals surface area contributed by atoms with E-state index in [1.807, 2.05) is 11.6 Å². The van der Waals surface area contributed by atoms with Crippen molar-refractivity contribution in [2.24, 2.45) is 0 Å². The molecule has 2 aromatic heterocycles. The molecule has 0 radical (unpaired) electrons. The van der Waals surface area contributed by atoms with Crippen LogP contribution in [0.15, 0.2) is 47.3 Å². The Kier molecular flexibility index (Phi) is 5.29. The molecule has 34 heavy (non-hydrogen) atoms. The minimum atomic E-state index is -0.308. The van der Waals surface area contributed by atoms with Gasteiger partial charge in [0.25, 0.3) is 5.56 Å². The monoisotopic (exact) mass is 454 g/mol. The Morgan fingerprint density at radius 2 is 1.79 bits per heavy atom. The van der Waals surface area contributed by atoms with Gasteiger partial charge < -0.3 is 4.98 Å². The van der Waals surface area contributed by atoms with Crippen molar-refractivity contribution in [3.8, 4) is 0 Å². The van der Waals surface area contributed by atoms with Crippen LogP contribution in [-0.2, 0) is 13.0 Å². The number of pyridine rings is 1. The van der Waals surface area contributed by atoms with Gasteiger partial charge in [0, 0.05) is 24.0 Å². The van der Waals surface area contributed by atoms with Gasteiger partial charge in [0.2, 0.25) is 0 Å². The molecular formula is C27H30N6O. The largest absolute Gasteiger partial charge is 0.321 e. The first-order valence-electron chi connectivity index (χ1n) is 12.3. The predicted molar refractivity (Wildman–Crippen MR) is 132 cm³/mol. The lowest BCUT2D eigenvalue weighted by atomic mass is 9.95. The molecule has 0 saturated heterocycles. The molecule has 174 valence electrons. The number of aryl methyl sites for hydroxylation is 2. The van der Waals surface area contributed by atoms with Crippen molar-refractivity contribution < 1.29 is 0 Å². The molecule has 1 atom stereocenters. The SMILES string of the molecule is Cc1ccc(C)c2[nH]c(=O)c(C(c3nnnn3C3CCCC3)N3CCc4ccccc4C3)cc12. The fourth-order valence-corrected chi connectivity index (χ4v) is 5.82. The molecular weight excluding hydrogens is 424 g/mol. The summed E-state index contributed by atoms with van der Waals surface area (Å²) in [7, 11) is 0. The molecule has 2 aliphatic rings. The Labute approximate surface area is 198 Å². The Hall–Kier alpha value is -3.32. The van der Waals surface area contributed by atoms with Crippen LogP contribution in [0.4, 0.5) is 0 Å². The second-order valence-electron chi connectivity index (χ2n) is 9.85. The third kappa shape index (κ3) is 3.55. The lowest BCUT2D eigenvalue weighted by Gasteiger charge is -2.35. The number of aromatic amines is 1. The zero-order valence-corrected chi connectivity index (χ0v) is 19.8. The molecule has 3 heterocycles. The van der Waals surface area contributed by atoms with Crippen LogP contribution < -0.4 is 5.56 Å². The molecule has 0 bridgehead atoms. The van der Waals surface area contributed by atoms with Gasteiger partial charge in [0.15, 0.2) is 5.82 Å². The average Bonchev–Trinajstić information content (AvgIpc) is 3.55. The summed E-state index contributed by atoms with van der Waals surface area (Å²) in [5.41, 5.74) is 6.47. The van der Waals surface area contributed by atoms with Gasteiger partial charge in [-0.3, -0.25) is 9.69 Å². The summed E-state index contributed by atoms with van der Waals surface area (Å²) < 4.78 is 2.00. The summed E-state index contributed by atoms with van der Waals surface area (Å²) >= 11 is 0. The van der Waals surface area contributed by atoms with Crippen molar-refractivity contribution >= 4 is 10.9 Å². The standard InChI is InChI=1S/C27H30N6O/c1-17-11-12-18(2)24-22(17)15-23(27(34)28-24)25(26-29-30-31-33(26)21-9-5-6-10-21)32-14-13-19-7-3-4-8-20(19)16-32/h3-4,7-8,11-12,15,21,25H,5-6,9-10,13-14,16H2,1-2H3,(H,28,34). The average molecular weight is 455 g/mol. The molecule has 0 amide bonds. The zero-order valence-electron chi connectivity index (χ0n) is 19.8. The number of hydrogen-bond donors (Lipinski definition) is 1. The molecule has 4 aromatic rings. The number of H-pyrrole nitrogens is 1. The van der Waals surface area contributed by atoms with Crippen molar-refractivity contribution in [2.45, 2.75) is 64.6 Å². The highest BCUT2D eigenvalue weighted by Gasteiger charge is 2.34. The first-order valence-corrected chi connectivity index (χ1v) is 12.3. The first-order chi connectivity index (χ1) is 16.6. The lowest BCUT2D eigenvalue weighted by molar-refractivity contribution is 0.190. The summed E-state index contributed by atoms with van der Waals surface area (Å²) in [6.45, 7) is 5.75. The van der Waals surface area contributed by atoms with E-state index in [9.17, 15) is 4.79 Å². The van der Waals surface area contributed by atoms with Gasteiger partial charge in [0.1, 0.15) is 6.04 Å². The van der Waals surface area contributed by atoms with E-state index in [0.717, 1.165) is 65.8 Å². The topological polar surface area (TPSA) is 79.7 Å². The third-order valence-electron chi connectivity index (χ3n) is 7.73. The first kappa shape index (κ1) is 21.2. The quantitative estimate of drug-likeness (QED) is 0.495. The van der Waals surface area contributed by atoms with E-state index in [4.69, 9.17) is 0 Å². The van der Waals surface area contributed by atoms with Gasteiger partial charge in [0.05, 0.1) is 11.6 Å². The smallest absolute Gasteiger partial charge is 0.253 e. The number of nitrogens with one attached hydrogen (secondary N) is 1. The molecule has 1 unspecified atom stereocenters. The van der Waals surface area contributed by atoms with Crippen LogP contribution in [0.3, 0.4) is 0 Å². The van der Waals surface area contributed by atoms with Crippen LogP contribution in [0.2, 0.25) is 0 Å². The van der Waals surface area contributed by atoms with E-state index in [2.05, 4.69) is 74.8 Å². The van der Waals surface area contributed by atoms with Crippen LogP contribution in [0.25, 0.3) is 10.9 Å². The molecule has 6 rings (SSSR count). The highest BCUT2D eigenvalue weighted by molar-refractivity contribution is 5.85. The molecule has 1 aliphatic carbocycles. The van der Waals surface area contributed by atoms with Gasteiger partial charge >= 0.3 is 0 Å². The number of nitrogens with zero attached hydrogens (tertiary/aromatic N) is 5. The van der Waals surface area contributed by atoms with Crippen LogP contribution >= 0.6 is 0 Å². The Morgan fingerprint density at radius 1 is 1.03 bits per heavy atom. The molecule has 0 spiro atoms. The fourth-order valence-electron chi connectivity index (χ4n) is 5.82. The van der Waals surface area contributed by atoms with Gasteiger partial charge in [-0.05, 0) is 71.9 Å². The third-order valence-corrected chi connectivity index (χ3v) is 7.73. The second kappa shape index (κ2) is 8.47. The van der Waals surface area contributed by atoms with E-state index in [1.54, 1.807) is 0 Å². The van der Waals surface area contributed by atoms with Gasteiger partial charge in [-0.25, -0.2) is 4.68 Å². The van der Waals surface area contributed by atoms with Crippen LogP contribution in [0, 0.1) is 13.8 Å². The zero-order chi connectivity index (χ0) is 23.2. The summed E-state index contributed by atoms with van der Waals surface area (Å²) in [4.78, 5) is 19.2. The number of hydrogen-bond acceptors (Lipinski definition) is 5. The minimum absolute atomic E-state index is 0.0639. The van der Waals surface area contributed by atoms with E-state index in [0.29, 0.717) is 6.04 Å². The summed E-state index contributed by atoms with van der Waals surface area (Å²) in [6, 6.07) is 14.8. The maximum absolute atomic E-state index is 13.6. The molecule has 7 nitrogen and oxygen atoms in total. The molecule has 1 N–H and O–H groups in total. The molecule has 1 saturated carbocycles. The Balaban J connectivity index is 1.53. The van der Waals surface area contributed by atoms with Gasteiger partial charge in [-0.1, -0.05) is 49.2 Å². The Morgan fingerprint density at radius 3 is 2.62 bits per heavy atom. The molecule has 7 heteroatoms. The highest BCUT2D eigenvalue weighted by atomic mass is 16.1. The van der Waals surface area contributed by atoms with Gasteiger partial charge in [-0.2, -0.15) is 0 Å². The van der Waals surface area contributed by atoms with Gasteiger partial charge in [-0.15, -0.1) is 5.10 Å². The lowest BCUT2D eigenvalue weighted by Crippen LogP contribution is -2.39. The van der Waals surface area contributed by atoms with Crippen molar-refractivity contribution in [1.82, 2.24) is 30.1 Å².